The monoisotopic (exact) mass is 298 g/mol. The Bertz CT molecular complexity index is 584. The van der Waals surface area contributed by atoms with E-state index in [-0.39, 0.29) is 0 Å². The molecule has 0 radical (unpaired) electrons. The summed E-state index contributed by atoms with van der Waals surface area (Å²) in [6.45, 7) is 0. The van der Waals surface area contributed by atoms with Crippen LogP contribution in [0.4, 0.5) is 0 Å². The van der Waals surface area contributed by atoms with Gasteiger partial charge in [-0.05, 0) is 35.6 Å². The van der Waals surface area contributed by atoms with Crippen LogP contribution >= 0.6 is 0 Å². The summed E-state index contributed by atoms with van der Waals surface area (Å²) in [7, 11) is 0. The highest BCUT2D eigenvalue weighted by molar-refractivity contribution is 5.85. The quantitative estimate of drug-likeness (QED) is 0.581. The smallest absolute Gasteiger partial charge is 0.303 e. The molecule has 0 spiro atoms. The number of carbonyl (C=O) groups is 1. The fourth-order valence-corrected chi connectivity index (χ4v) is 2.99. The molecule has 0 unspecified atom stereocenters. The van der Waals surface area contributed by atoms with E-state index in [1.807, 2.05) is 0 Å². The van der Waals surface area contributed by atoms with Gasteiger partial charge in [0.15, 0.2) is 0 Å². The first-order chi connectivity index (χ1) is 10.8. The molecule has 0 fully saturated rings. The van der Waals surface area contributed by atoms with Crippen LogP contribution in [0.3, 0.4) is 0 Å². The van der Waals surface area contributed by atoms with Crippen molar-refractivity contribution in [1.29, 1.82) is 0 Å². The lowest BCUT2D eigenvalue weighted by Crippen LogP contribution is -1.93. The Morgan fingerprint density at radius 3 is 2.18 bits per heavy atom. The lowest BCUT2D eigenvalue weighted by Gasteiger charge is -2.06. The second-order valence-electron chi connectivity index (χ2n) is 6.01. The molecule has 0 heterocycles. The van der Waals surface area contributed by atoms with Crippen molar-refractivity contribution in [2.24, 2.45) is 0 Å². The highest BCUT2D eigenvalue weighted by Gasteiger charge is 2.00. The summed E-state index contributed by atoms with van der Waals surface area (Å²) in [6.07, 6.45) is 9.52. The first kappa shape index (κ1) is 16.5. The van der Waals surface area contributed by atoms with Gasteiger partial charge in [0.25, 0.3) is 0 Å². The van der Waals surface area contributed by atoms with Crippen LogP contribution in [0.2, 0.25) is 0 Å². The fourth-order valence-electron chi connectivity index (χ4n) is 2.99. The number of carboxylic acid groups (broad SMARTS) is 1. The van der Waals surface area contributed by atoms with Crippen LogP contribution in [0.25, 0.3) is 10.8 Å². The standard InChI is InChI=1S/C20H26O2/c21-20(22)16-7-5-3-1-2-4-6-11-17-13-10-14-18-12-8-9-15-19(17)18/h8-10,12-15H,1-7,11,16H2,(H,21,22). The zero-order valence-corrected chi connectivity index (χ0v) is 13.3. The third kappa shape index (κ3) is 5.51. The summed E-state index contributed by atoms with van der Waals surface area (Å²) in [5.41, 5.74) is 1.46. The van der Waals surface area contributed by atoms with Gasteiger partial charge >= 0.3 is 5.97 Å². The van der Waals surface area contributed by atoms with E-state index in [0.29, 0.717) is 6.42 Å². The fraction of sp³-hybridized carbons (Fsp3) is 0.450. The van der Waals surface area contributed by atoms with E-state index in [0.717, 1.165) is 19.3 Å². The van der Waals surface area contributed by atoms with Crippen LogP contribution in [-0.4, -0.2) is 11.1 Å². The molecule has 22 heavy (non-hydrogen) atoms. The van der Waals surface area contributed by atoms with E-state index in [1.54, 1.807) is 0 Å². The topological polar surface area (TPSA) is 37.3 Å². The van der Waals surface area contributed by atoms with Gasteiger partial charge in [0.1, 0.15) is 0 Å². The Hall–Kier alpha value is -1.83. The molecule has 0 amide bonds. The number of hydrogen-bond donors (Lipinski definition) is 1. The van der Waals surface area contributed by atoms with Crippen molar-refractivity contribution >= 4 is 16.7 Å². The van der Waals surface area contributed by atoms with Gasteiger partial charge in [-0.15, -0.1) is 0 Å². The van der Waals surface area contributed by atoms with Crippen molar-refractivity contribution < 1.29 is 9.90 Å². The average molecular weight is 298 g/mol. The number of rotatable bonds is 10. The number of aliphatic carboxylic acids is 1. The SMILES string of the molecule is O=C(O)CCCCCCCCCc1cccc2ccccc12. The molecule has 118 valence electrons. The molecule has 0 aromatic heterocycles. The number of unbranched alkanes of at least 4 members (excludes halogenated alkanes) is 6. The summed E-state index contributed by atoms with van der Waals surface area (Å²) in [5, 5.41) is 11.3. The largest absolute Gasteiger partial charge is 0.481 e. The predicted octanol–water partition coefficient (Wildman–Crippen LogP) is 5.59. The second kappa shape index (κ2) is 9.24. The molecule has 0 saturated carbocycles. The Morgan fingerprint density at radius 2 is 1.41 bits per heavy atom. The summed E-state index contributed by atoms with van der Waals surface area (Å²) in [5.74, 6) is -0.671. The van der Waals surface area contributed by atoms with Gasteiger partial charge in [-0.3, -0.25) is 4.79 Å². The van der Waals surface area contributed by atoms with Gasteiger partial charge in [-0.2, -0.15) is 0 Å². The molecule has 0 saturated heterocycles. The van der Waals surface area contributed by atoms with Gasteiger partial charge in [0.2, 0.25) is 0 Å². The zero-order valence-electron chi connectivity index (χ0n) is 13.3. The lowest BCUT2D eigenvalue weighted by atomic mass is 9.99. The first-order valence-electron chi connectivity index (χ1n) is 8.46. The number of fused-ring (bicyclic) bond motifs is 1. The average Bonchev–Trinajstić information content (AvgIpc) is 2.53. The van der Waals surface area contributed by atoms with Gasteiger partial charge in [0.05, 0.1) is 0 Å². The lowest BCUT2D eigenvalue weighted by molar-refractivity contribution is -0.137. The van der Waals surface area contributed by atoms with E-state index >= 15 is 0 Å². The third-order valence-corrected chi connectivity index (χ3v) is 4.22. The van der Waals surface area contributed by atoms with E-state index in [1.165, 1.54) is 48.4 Å². The molecule has 0 bridgehead atoms. The first-order valence-corrected chi connectivity index (χ1v) is 8.46. The maximum Gasteiger partial charge on any atom is 0.303 e. The van der Waals surface area contributed by atoms with Gasteiger partial charge in [-0.1, -0.05) is 74.6 Å². The molecule has 2 aromatic carbocycles. The summed E-state index contributed by atoms with van der Waals surface area (Å²) < 4.78 is 0. The molecule has 1 N–H and O–H groups in total. The van der Waals surface area contributed by atoms with Crippen LogP contribution in [0, 0.1) is 0 Å². The molecular formula is C20H26O2. The summed E-state index contributed by atoms with van der Waals surface area (Å²) in [4.78, 5) is 10.4. The zero-order chi connectivity index (χ0) is 15.6. The molecule has 2 aromatic rings. The number of aryl methyl sites for hydroxylation is 1. The third-order valence-electron chi connectivity index (χ3n) is 4.22. The normalized spacial score (nSPS) is 10.9. The highest BCUT2D eigenvalue weighted by atomic mass is 16.4. The van der Waals surface area contributed by atoms with Crippen LogP contribution < -0.4 is 0 Å². The molecule has 0 aliphatic heterocycles. The summed E-state index contributed by atoms with van der Waals surface area (Å²) >= 11 is 0. The maximum atomic E-state index is 10.4. The Kier molecular flexibility index (Phi) is 6.95. The predicted molar refractivity (Wildman–Crippen MR) is 92.2 cm³/mol. The number of carboxylic acids is 1. The van der Waals surface area contributed by atoms with Crippen LogP contribution in [0.1, 0.15) is 56.9 Å². The van der Waals surface area contributed by atoms with Crippen molar-refractivity contribution in [3.63, 3.8) is 0 Å². The second-order valence-corrected chi connectivity index (χ2v) is 6.01. The van der Waals surface area contributed by atoms with Crippen molar-refractivity contribution in [2.45, 2.75) is 57.8 Å². The van der Waals surface area contributed by atoms with Gasteiger partial charge in [-0.25, -0.2) is 0 Å². The molecule has 2 rings (SSSR count). The Morgan fingerprint density at radius 1 is 0.773 bits per heavy atom. The number of benzene rings is 2. The van der Waals surface area contributed by atoms with Crippen LogP contribution in [-0.2, 0) is 11.2 Å². The minimum Gasteiger partial charge on any atom is -0.481 e. The van der Waals surface area contributed by atoms with E-state index in [2.05, 4.69) is 42.5 Å². The van der Waals surface area contributed by atoms with Gasteiger partial charge < -0.3 is 5.11 Å². The minimum absolute atomic E-state index is 0.321. The van der Waals surface area contributed by atoms with Crippen molar-refractivity contribution in [1.82, 2.24) is 0 Å². The van der Waals surface area contributed by atoms with Crippen molar-refractivity contribution in [3.8, 4) is 0 Å². The Labute approximate surface area is 133 Å². The molecule has 0 atom stereocenters. The van der Waals surface area contributed by atoms with Crippen LogP contribution in [0.5, 0.6) is 0 Å². The molecule has 0 aliphatic rings. The highest BCUT2D eigenvalue weighted by Crippen LogP contribution is 2.20. The van der Waals surface area contributed by atoms with E-state index < -0.39 is 5.97 Å². The van der Waals surface area contributed by atoms with E-state index in [9.17, 15) is 4.79 Å². The van der Waals surface area contributed by atoms with Crippen LogP contribution in [0.15, 0.2) is 42.5 Å². The summed E-state index contributed by atoms with van der Waals surface area (Å²) in [6, 6.07) is 15.2. The minimum atomic E-state index is -0.671. The Balaban J connectivity index is 1.61. The molecule has 2 nitrogen and oxygen atoms in total. The molecule has 0 aliphatic carbocycles. The molecule has 2 heteroatoms. The van der Waals surface area contributed by atoms with Gasteiger partial charge in [0, 0.05) is 6.42 Å². The van der Waals surface area contributed by atoms with E-state index in [4.69, 9.17) is 5.11 Å². The van der Waals surface area contributed by atoms with Crippen molar-refractivity contribution in [2.75, 3.05) is 0 Å². The maximum absolute atomic E-state index is 10.4. The number of hydrogen-bond acceptors (Lipinski definition) is 1. The van der Waals surface area contributed by atoms with Crippen molar-refractivity contribution in [3.05, 3.63) is 48.0 Å². The molecular weight excluding hydrogens is 272 g/mol.